The summed E-state index contributed by atoms with van der Waals surface area (Å²) >= 11 is 0. The minimum atomic E-state index is -0.864. The molecule has 5 nitrogen and oxygen atoms in total. The van der Waals surface area contributed by atoms with Crippen molar-refractivity contribution in [2.45, 2.75) is 52.2 Å². The van der Waals surface area contributed by atoms with Crippen LogP contribution >= 0.6 is 0 Å². The van der Waals surface area contributed by atoms with Crippen molar-refractivity contribution < 1.29 is 14.6 Å². The minimum absolute atomic E-state index is 0.408. The number of rotatable bonds is 5. The molecular formula is C20H28N2O3. The zero-order valence-electron chi connectivity index (χ0n) is 15.6. The van der Waals surface area contributed by atoms with Gasteiger partial charge >= 0.3 is 6.09 Å². The lowest BCUT2D eigenvalue weighted by Crippen LogP contribution is -2.33. The topological polar surface area (TPSA) is 74.4 Å². The van der Waals surface area contributed by atoms with Gasteiger partial charge in [-0.3, -0.25) is 0 Å². The maximum atomic E-state index is 11.8. The van der Waals surface area contributed by atoms with E-state index in [1.807, 2.05) is 51.2 Å². The van der Waals surface area contributed by atoms with Gasteiger partial charge in [-0.2, -0.15) is 0 Å². The van der Waals surface area contributed by atoms with Crippen LogP contribution in [0.4, 0.5) is 4.79 Å². The Morgan fingerprint density at radius 1 is 1.28 bits per heavy atom. The van der Waals surface area contributed by atoms with Crippen molar-refractivity contribution in [2.24, 2.45) is 0 Å². The summed E-state index contributed by atoms with van der Waals surface area (Å²) in [6, 6.07) is 6.01. The van der Waals surface area contributed by atoms with Gasteiger partial charge in [-0.25, -0.2) is 4.79 Å². The normalized spacial score (nSPS) is 12.7. The number of fused-ring (bicyclic) bond motifs is 1. The first-order valence-corrected chi connectivity index (χ1v) is 8.53. The number of carbonyl (C=O) groups is 1. The first-order valence-electron chi connectivity index (χ1n) is 8.53. The first-order chi connectivity index (χ1) is 11.6. The van der Waals surface area contributed by atoms with Crippen LogP contribution in [0.3, 0.4) is 0 Å². The highest BCUT2D eigenvalue weighted by Gasteiger charge is 2.16. The van der Waals surface area contributed by atoms with Crippen LogP contribution < -0.4 is 5.32 Å². The number of carbonyl (C=O) groups excluding carboxylic acids is 1. The third kappa shape index (κ3) is 5.94. The summed E-state index contributed by atoms with van der Waals surface area (Å²) in [4.78, 5) is 15.0. The molecule has 0 radical (unpaired) electrons. The molecule has 0 saturated heterocycles. The van der Waals surface area contributed by atoms with Gasteiger partial charge in [0.15, 0.2) is 0 Å². The molecule has 5 heteroatoms. The summed E-state index contributed by atoms with van der Waals surface area (Å²) < 4.78 is 5.25. The van der Waals surface area contributed by atoms with Crippen LogP contribution in [0.25, 0.3) is 17.0 Å². The van der Waals surface area contributed by atoms with Gasteiger partial charge in [-0.15, -0.1) is 0 Å². The second-order valence-corrected chi connectivity index (χ2v) is 7.75. The summed E-state index contributed by atoms with van der Waals surface area (Å²) in [7, 11) is 0. The van der Waals surface area contributed by atoms with Gasteiger partial charge in [-0.05, 0) is 58.2 Å². The molecule has 2 aromatic rings. The van der Waals surface area contributed by atoms with Crippen LogP contribution in [-0.2, 0) is 11.2 Å². The molecule has 1 aromatic carbocycles. The Kier molecular flexibility index (Phi) is 5.58. The third-order valence-electron chi connectivity index (χ3n) is 3.55. The van der Waals surface area contributed by atoms with Crippen LogP contribution in [0.2, 0.25) is 0 Å². The lowest BCUT2D eigenvalue weighted by atomic mass is 10.0. The average Bonchev–Trinajstić information content (AvgIpc) is 2.86. The number of aliphatic hydroxyl groups is 1. The molecule has 0 saturated carbocycles. The van der Waals surface area contributed by atoms with Crippen LogP contribution in [-0.4, -0.2) is 33.9 Å². The number of hydrogen-bond acceptors (Lipinski definition) is 3. The Bertz CT molecular complexity index is 761. The Balaban J connectivity index is 2.11. The van der Waals surface area contributed by atoms with Gasteiger partial charge in [0.05, 0.1) is 5.60 Å². The van der Waals surface area contributed by atoms with Gasteiger partial charge < -0.3 is 20.1 Å². The Hall–Kier alpha value is -2.27. The predicted octanol–water partition coefficient (Wildman–Crippen LogP) is 4.02. The average molecular weight is 344 g/mol. The monoisotopic (exact) mass is 344 g/mol. The van der Waals surface area contributed by atoms with E-state index in [9.17, 15) is 9.90 Å². The number of alkyl carbamates (subject to hydrolysis) is 1. The fourth-order valence-electron chi connectivity index (χ4n) is 2.53. The summed E-state index contributed by atoms with van der Waals surface area (Å²) in [6.07, 6.45) is 5.95. The molecule has 0 aliphatic heterocycles. The largest absolute Gasteiger partial charge is 0.444 e. The minimum Gasteiger partial charge on any atom is -0.444 e. The van der Waals surface area contributed by atoms with Gasteiger partial charge in [0.2, 0.25) is 0 Å². The van der Waals surface area contributed by atoms with Crippen LogP contribution in [0.1, 0.15) is 45.7 Å². The van der Waals surface area contributed by atoms with E-state index in [0.717, 1.165) is 22.0 Å². The van der Waals surface area contributed by atoms with Gasteiger partial charge in [0.25, 0.3) is 0 Å². The maximum Gasteiger partial charge on any atom is 0.407 e. The number of amides is 1. The Morgan fingerprint density at radius 2 is 2.00 bits per heavy atom. The van der Waals surface area contributed by atoms with Gasteiger partial charge in [-0.1, -0.05) is 24.3 Å². The predicted molar refractivity (Wildman–Crippen MR) is 102 cm³/mol. The van der Waals surface area contributed by atoms with Gasteiger partial charge in [0, 0.05) is 23.6 Å². The number of aromatic amines is 1. The van der Waals surface area contributed by atoms with E-state index >= 15 is 0 Å². The van der Waals surface area contributed by atoms with Crippen molar-refractivity contribution in [3.05, 3.63) is 41.6 Å². The molecule has 1 amide bonds. The van der Waals surface area contributed by atoms with Crippen molar-refractivity contribution in [2.75, 3.05) is 6.54 Å². The van der Waals surface area contributed by atoms with E-state index in [0.29, 0.717) is 13.0 Å². The number of benzene rings is 1. The van der Waals surface area contributed by atoms with Crippen molar-refractivity contribution in [1.82, 2.24) is 10.3 Å². The molecule has 1 heterocycles. The Labute approximate surface area is 149 Å². The number of nitrogens with one attached hydrogen (secondary N) is 2. The molecule has 0 aliphatic rings. The lowest BCUT2D eigenvalue weighted by Gasteiger charge is -2.19. The fourth-order valence-corrected chi connectivity index (χ4v) is 2.53. The number of aromatic nitrogens is 1. The molecule has 1 aromatic heterocycles. The number of H-pyrrole nitrogens is 1. The van der Waals surface area contributed by atoms with E-state index in [4.69, 9.17) is 4.74 Å². The van der Waals surface area contributed by atoms with Crippen LogP contribution in [0.5, 0.6) is 0 Å². The van der Waals surface area contributed by atoms with E-state index in [2.05, 4.69) is 10.3 Å². The SMILES string of the molecule is CC(C)(O)/C=C/c1cccc2[nH]cc(CCNC(=O)OC(C)(C)C)c12. The third-order valence-corrected chi connectivity index (χ3v) is 3.55. The van der Waals surface area contributed by atoms with Crippen molar-refractivity contribution in [3.8, 4) is 0 Å². The summed E-state index contributed by atoms with van der Waals surface area (Å²) in [5.41, 5.74) is 1.82. The number of ether oxygens (including phenoxy) is 1. The van der Waals surface area contributed by atoms with E-state index in [-0.39, 0.29) is 0 Å². The zero-order valence-corrected chi connectivity index (χ0v) is 15.6. The van der Waals surface area contributed by atoms with E-state index < -0.39 is 17.3 Å². The van der Waals surface area contributed by atoms with Gasteiger partial charge in [0.1, 0.15) is 5.60 Å². The molecule has 0 unspecified atom stereocenters. The van der Waals surface area contributed by atoms with Crippen molar-refractivity contribution in [3.63, 3.8) is 0 Å². The summed E-state index contributed by atoms with van der Waals surface area (Å²) in [5.74, 6) is 0. The highest BCUT2D eigenvalue weighted by molar-refractivity contribution is 5.91. The Morgan fingerprint density at radius 3 is 2.64 bits per heavy atom. The molecule has 0 spiro atoms. The zero-order chi connectivity index (χ0) is 18.7. The maximum absolute atomic E-state index is 11.8. The summed E-state index contributed by atoms with van der Waals surface area (Å²) in [5, 5.41) is 13.8. The smallest absolute Gasteiger partial charge is 0.407 e. The molecule has 0 aliphatic carbocycles. The second kappa shape index (κ2) is 7.31. The molecule has 0 atom stereocenters. The van der Waals surface area contributed by atoms with Crippen molar-refractivity contribution in [1.29, 1.82) is 0 Å². The fraction of sp³-hybridized carbons (Fsp3) is 0.450. The summed E-state index contributed by atoms with van der Waals surface area (Å²) in [6.45, 7) is 9.50. The molecular weight excluding hydrogens is 316 g/mol. The molecule has 0 bridgehead atoms. The standard InChI is InChI=1S/C20H28N2O3/c1-19(2,3)25-18(23)21-12-10-15-13-22-16-8-6-7-14(17(15)16)9-11-20(4,5)24/h6-9,11,13,22,24H,10,12H2,1-5H3,(H,21,23)/b11-9+. The number of hydrogen-bond donors (Lipinski definition) is 3. The highest BCUT2D eigenvalue weighted by Crippen LogP contribution is 2.25. The van der Waals surface area contributed by atoms with E-state index in [1.54, 1.807) is 19.9 Å². The van der Waals surface area contributed by atoms with Crippen LogP contribution in [0.15, 0.2) is 30.5 Å². The molecule has 0 fully saturated rings. The van der Waals surface area contributed by atoms with Crippen LogP contribution in [0, 0.1) is 0 Å². The quantitative estimate of drug-likeness (QED) is 0.767. The van der Waals surface area contributed by atoms with Crippen molar-refractivity contribution >= 4 is 23.1 Å². The lowest BCUT2D eigenvalue weighted by molar-refractivity contribution is 0.0528. The first kappa shape index (κ1) is 19.1. The molecule has 2 rings (SSSR count). The molecule has 25 heavy (non-hydrogen) atoms. The second-order valence-electron chi connectivity index (χ2n) is 7.75. The molecule has 3 N–H and O–H groups in total. The highest BCUT2D eigenvalue weighted by atomic mass is 16.6. The van der Waals surface area contributed by atoms with E-state index in [1.165, 1.54) is 0 Å². The molecule has 136 valence electrons.